The number of nitrogens with zero attached hydrogens (tertiary/aromatic N) is 1. The van der Waals surface area contributed by atoms with Gasteiger partial charge in [-0.1, -0.05) is 29.8 Å². The Bertz CT molecular complexity index is 648. The fourth-order valence-corrected chi connectivity index (χ4v) is 3.67. The van der Waals surface area contributed by atoms with Crippen molar-refractivity contribution < 1.29 is 4.39 Å². The van der Waals surface area contributed by atoms with E-state index in [-0.39, 0.29) is 5.82 Å². The summed E-state index contributed by atoms with van der Waals surface area (Å²) in [6.07, 6.45) is 10.5. The molecule has 0 saturated carbocycles. The summed E-state index contributed by atoms with van der Waals surface area (Å²) in [6.45, 7) is 1.74. The van der Waals surface area contributed by atoms with Gasteiger partial charge in [-0.15, -0.1) is 11.3 Å². The molecule has 1 heterocycles. The highest BCUT2D eigenvalue weighted by atomic mass is 32.1. The first-order valence-corrected chi connectivity index (χ1v) is 8.73. The lowest BCUT2D eigenvalue weighted by Crippen LogP contribution is -2.15. The van der Waals surface area contributed by atoms with Crippen molar-refractivity contribution in [2.45, 2.75) is 38.6 Å². The van der Waals surface area contributed by atoms with E-state index in [2.05, 4.69) is 16.4 Å². The van der Waals surface area contributed by atoms with Crippen molar-refractivity contribution in [3.05, 3.63) is 52.9 Å². The van der Waals surface area contributed by atoms with Crippen molar-refractivity contribution in [2.24, 2.45) is 0 Å². The molecule has 116 valence electrons. The second-order valence-corrected chi connectivity index (χ2v) is 6.75. The van der Waals surface area contributed by atoms with Crippen molar-refractivity contribution in [3.63, 3.8) is 0 Å². The highest BCUT2D eigenvalue weighted by molar-refractivity contribution is 7.15. The first-order valence-electron chi connectivity index (χ1n) is 7.91. The quantitative estimate of drug-likeness (QED) is 0.604. The van der Waals surface area contributed by atoms with E-state index in [1.165, 1.54) is 31.7 Å². The Kier molecular flexibility index (Phi) is 5.35. The van der Waals surface area contributed by atoms with Gasteiger partial charge in [0.1, 0.15) is 10.8 Å². The highest BCUT2D eigenvalue weighted by Gasteiger charge is 2.08. The fourth-order valence-electron chi connectivity index (χ4n) is 2.75. The van der Waals surface area contributed by atoms with Crippen LogP contribution in [0, 0.1) is 5.82 Å². The molecule has 0 spiro atoms. The molecule has 1 aromatic carbocycles. The minimum Gasteiger partial charge on any atom is -0.310 e. The van der Waals surface area contributed by atoms with Crippen LogP contribution in [0.1, 0.15) is 37.1 Å². The Morgan fingerprint density at radius 1 is 1.23 bits per heavy atom. The van der Waals surface area contributed by atoms with Crippen LogP contribution in [0.15, 0.2) is 42.1 Å². The summed E-state index contributed by atoms with van der Waals surface area (Å²) in [6, 6.07) is 6.86. The molecule has 4 heteroatoms. The average molecular weight is 316 g/mol. The predicted octanol–water partition coefficient (Wildman–Crippen LogP) is 4.93. The molecule has 2 aromatic rings. The molecule has 3 rings (SSSR count). The lowest BCUT2D eigenvalue weighted by molar-refractivity contribution is 0.631. The Morgan fingerprint density at radius 2 is 2.14 bits per heavy atom. The van der Waals surface area contributed by atoms with Gasteiger partial charge in [0, 0.05) is 18.3 Å². The highest BCUT2D eigenvalue weighted by Crippen LogP contribution is 2.28. The molecule has 0 radical (unpaired) electrons. The molecule has 1 aliphatic carbocycles. The van der Waals surface area contributed by atoms with Crippen molar-refractivity contribution in [3.8, 4) is 10.4 Å². The number of benzene rings is 1. The lowest BCUT2D eigenvalue weighted by atomic mass is 9.97. The van der Waals surface area contributed by atoms with Crippen LogP contribution in [-0.4, -0.2) is 11.5 Å². The monoisotopic (exact) mass is 316 g/mol. The van der Waals surface area contributed by atoms with Gasteiger partial charge in [-0.05, 0) is 44.7 Å². The second kappa shape index (κ2) is 7.65. The average Bonchev–Trinajstić information content (AvgIpc) is 3.02. The maximum absolute atomic E-state index is 13.8. The van der Waals surface area contributed by atoms with E-state index in [9.17, 15) is 4.39 Å². The molecule has 22 heavy (non-hydrogen) atoms. The van der Waals surface area contributed by atoms with Gasteiger partial charge in [-0.25, -0.2) is 9.37 Å². The fraction of sp³-hybridized carbons (Fsp3) is 0.389. The summed E-state index contributed by atoms with van der Waals surface area (Å²) in [7, 11) is 0. The number of hydrogen-bond acceptors (Lipinski definition) is 3. The van der Waals surface area contributed by atoms with Crippen LogP contribution in [0.3, 0.4) is 0 Å². The van der Waals surface area contributed by atoms with Gasteiger partial charge >= 0.3 is 0 Å². The Balaban J connectivity index is 1.50. The largest absolute Gasteiger partial charge is 0.310 e. The number of aromatic nitrogens is 1. The molecule has 1 aromatic heterocycles. The van der Waals surface area contributed by atoms with E-state index >= 15 is 0 Å². The molecule has 0 amide bonds. The normalized spacial score (nSPS) is 14.9. The smallest absolute Gasteiger partial charge is 0.131 e. The first-order chi connectivity index (χ1) is 10.8. The van der Waals surface area contributed by atoms with Gasteiger partial charge in [0.15, 0.2) is 0 Å². The van der Waals surface area contributed by atoms with E-state index in [0.29, 0.717) is 5.56 Å². The molecular weight excluding hydrogens is 295 g/mol. The topological polar surface area (TPSA) is 24.9 Å². The number of hydrogen-bond donors (Lipinski definition) is 1. The summed E-state index contributed by atoms with van der Waals surface area (Å²) >= 11 is 1.56. The lowest BCUT2D eigenvalue weighted by Gasteiger charge is -2.12. The van der Waals surface area contributed by atoms with Gasteiger partial charge in [-0.2, -0.15) is 0 Å². The number of allylic oxidation sites excluding steroid dienone is 1. The van der Waals surface area contributed by atoms with Crippen molar-refractivity contribution in [2.75, 3.05) is 6.54 Å². The van der Waals surface area contributed by atoms with Crippen molar-refractivity contribution in [1.29, 1.82) is 0 Å². The zero-order valence-corrected chi connectivity index (χ0v) is 13.5. The standard InChI is InChI=1S/C18H21FN2S/c19-16-9-5-4-8-15(16)17-12-21-18(22-17)13-20-11-10-14-6-2-1-3-7-14/h4-6,8-9,12,20H,1-3,7,10-11,13H2. The van der Waals surface area contributed by atoms with E-state index in [0.717, 1.165) is 29.4 Å². The SMILES string of the molecule is Fc1ccccc1-c1cnc(CNCCC2=CCCCC2)s1. The van der Waals surface area contributed by atoms with E-state index < -0.39 is 0 Å². The van der Waals surface area contributed by atoms with Gasteiger partial charge in [0.05, 0.1) is 4.88 Å². The van der Waals surface area contributed by atoms with Crippen LogP contribution in [0.5, 0.6) is 0 Å². The number of thiazole rings is 1. The van der Waals surface area contributed by atoms with Crippen LogP contribution in [-0.2, 0) is 6.54 Å². The number of nitrogens with one attached hydrogen (secondary N) is 1. The van der Waals surface area contributed by atoms with Gasteiger partial charge < -0.3 is 5.32 Å². The minimum atomic E-state index is -0.185. The molecule has 0 unspecified atom stereocenters. The molecule has 0 fully saturated rings. The summed E-state index contributed by atoms with van der Waals surface area (Å²) < 4.78 is 13.8. The van der Waals surface area contributed by atoms with Crippen molar-refractivity contribution in [1.82, 2.24) is 10.3 Å². The molecule has 1 aliphatic rings. The predicted molar refractivity (Wildman–Crippen MR) is 90.4 cm³/mol. The third-order valence-electron chi connectivity index (χ3n) is 3.98. The third kappa shape index (κ3) is 4.02. The maximum Gasteiger partial charge on any atom is 0.131 e. The molecule has 1 N–H and O–H groups in total. The molecular formula is C18H21FN2S. The Morgan fingerprint density at radius 3 is 2.95 bits per heavy atom. The molecule has 2 nitrogen and oxygen atoms in total. The molecule has 0 bridgehead atoms. The van der Waals surface area contributed by atoms with Crippen molar-refractivity contribution >= 4 is 11.3 Å². The van der Waals surface area contributed by atoms with E-state index in [1.54, 1.807) is 35.2 Å². The number of rotatable bonds is 6. The molecule has 0 atom stereocenters. The van der Waals surface area contributed by atoms with Gasteiger partial charge in [0.25, 0.3) is 0 Å². The summed E-state index contributed by atoms with van der Waals surface area (Å²) in [4.78, 5) is 5.29. The summed E-state index contributed by atoms with van der Waals surface area (Å²) in [5, 5.41) is 4.45. The van der Waals surface area contributed by atoms with Crippen LogP contribution in [0.2, 0.25) is 0 Å². The van der Waals surface area contributed by atoms with Crippen LogP contribution >= 0.6 is 11.3 Å². The third-order valence-corrected chi connectivity index (χ3v) is 5.01. The minimum absolute atomic E-state index is 0.185. The van der Waals surface area contributed by atoms with Gasteiger partial charge in [0.2, 0.25) is 0 Å². The first kappa shape index (κ1) is 15.4. The zero-order valence-electron chi connectivity index (χ0n) is 12.6. The summed E-state index contributed by atoms with van der Waals surface area (Å²) in [5.74, 6) is -0.185. The van der Waals surface area contributed by atoms with Crippen LogP contribution in [0.4, 0.5) is 4.39 Å². The molecule has 0 saturated heterocycles. The number of halogens is 1. The maximum atomic E-state index is 13.8. The Hall–Kier alpha value is -1.52. The zero-order chi connectivity index (χ0) is 15.2. The molecule has 0 aliphatic heterocycles. The van der Waals surface area contributed by atoms with E-state index in [4.69, 9.17) is 0 Å². The van der Waals surface area contributed by atoms with Gasteiger partial charge in [-0.3, -0.25) is 0 Å². The van der Waals surface area contributed by atoms with Crippen LogP contribution in [0.25, 0.3) is 10.4 Å². The second-order valence-electron chi connectivity index (χ2n) is 5.63. The van der Waals surface area contributed by atoms with E-state index in [1.807, 2.05) is 6.07 Å². The van der Waals surface area contributed by atoms with Crippen LogP contribution < -0.4 is 5.32 Å². The Labute approximate surface area is 135 Å². The summed E-state index contributed by atoms with van der Waals surface area (Å²) in [5.41, 5.74) is 2.23.